The van der Waals surface area contributed by atoms with Crippen molar-refractivity contribution in [2.45, 2.75) is 38.2 Å². The zero-order chi connectivity index (χ0) is 29.5. The fourth-order valence-corrected chi connectivity index (χ4v) is 5.55. The summed E-state index contributed by atoms with van der Waals surface area (Å²) in [5.74, 6) is -2.64. The van der Waals surface area contributed by atoms with E-state index in [-0.39, 0.29) is 37.3 Å². The van der Waals surface area contributed by atoms with Crippen molar-refractivity contribution in [1.29, 1.82) is 0 Å². The van der Waals surface area contributed by atoms with E-state index in [0.717, 1.165) is 22.9 Å². The second-order valence-corrected chi connectivity index (χ2v) is 10.2. The summed E-state index contributed by atoms with van der Waals surface area (Å²) in [5.41, 5.74) is -0.379. The number of hydrogen-bond acceptors (Lipinski definition) is 9. The minimum absolute atomic E-state index is 0.0760. The number of amides is 1. The molecule has 16 heteroatoms. The van der Waals surface area contributed by atoms with Gasteiger partial charge in [-0.05, 0) is 25.1 Å². The number of carbonyl (C=O) groups excluding carboxylic acids is 2. The number of methoxy groups -OCH3 is 1. The molecule has 0 bridgehead atoms. The molecule has 2 aromatic heterocycles. The lowest BCUT2D eigenvalue weighted by Crippen LogP contribution is -2.58. The highest BCUT2D eigenvalue weighted by Gasteiger charge is 2.38. The molecule has 1 aromatic carbocycles. The number of thiazole rings is 1. The second-order valence-electron chi connectivity index (χ2n) is 9.39. The highest BCUT2D eigenvalue weighted by molar-refractivity contribution is 7.14. The van der Waals surface area contributed by atoms with Crippen LogP contribution in [0.1, 0.15) is 35.2 Å². The van der Waals surface area contributed by atoms with E-state index in [2.05, 4.69) is 15.2 Å². The smallest absolute Gasteiger partial charge is 0.435 e. The van der Waals surface area contributed by atoms with Crippen molar-refractivity contribution in [3.05, 3.63) is 63.9 Å². The molecule has 2 aliphatic rings. The lowest BCUT2D eigenvalue weighted by atomic mass is 10.0. The number of esters is 1. The van der Waals surface area contributed by atoms with Crippen LogP contribution in [0.3, 0.4) is 0 Å². The highest BCUT2D eigenvalue weighted by Crippen LogP contribution is 2.34. The van der Waals surface area contributed by atoms with Crippen molar-refractivity contribution >= 4 is 34.1 Å². The molecule has 4 heterocycles. The van der Waals surface area contributed by atoms with Gasteiger partial charge in [-0.25, -0.2) is 18.6 Å². The molecule has 1 saturated heterocycles. The molecule has 3 aromatic rings. The van der Waals surface area contributed by atoms with Crippen molar-refractivity contribution in [3.8, 4) is 0 Å². The van der Waals surface area contributed by atoms with Gasteiger partial charge in [0.05, 0.1) is 19.2 Å². The molecular weight excluding hydrogens is 575 g/mol. The van der Waals surface area contributed by atoms with Gasteiger partial charge in [0.1, 0.15) is 35.6 Å². The summed E-state index contributed by atoms with van der Waals surface area (Å²) in [5, 5.41) is 9.54. The first-order valence-electron chi connectivity index (χ1n) is 12.3. The van der Waals surface area contributed by atoms with E-state index in [0.29, 0.717) is 16.5 Å². The van der Waals surface area contributed by atoms with Crippen molar-refractivity contribution in [2.75, 3.05) is 31.6 Å². The minimum Gasteiger partial charge on any atom is -0.467 e. The quantitative estimate of drug-likeness (QED) is 0.315. The Balaban J connectivity index is 1.28. The first kappa shape index (κ1) is 28.4. The normalized spacial score (nSPS) is 19.2. The molecule has 0 radical (unpaired) electrons. The number of halogens is 5. The Kier molecular flexibility index (Phi) is 7.68. The van der Waals surface area contributed by atoms with E-state index in [1.165, 1.54) is 36.3 Å². The Bertz CT molecular complexity index is 1490. The predicted molar refractivity (Wildman–Crippen MR) is 135 cm³/mol. The number of carbonyl (C=O) groups is 2. The monoisotopic (exact) mass is 598 g/mol. The van der Waals surface area contributed by atoms with Crippen molar-refractivity contribution < 1.29 is 41.1 Å². The number of hydrogen-bond donors (Lipinski definition) is 0. The molecule has 41 heavy (non-hydrogen) atoms. The number of aryl methyl sites for hydroxylation is 1. The number of benzene rings is 1. The second kappa shape index (κ2) is 11.1. The third-order valence-electron chi connectivity index (χ3n) is 6.79. The number of nitrogens with zero attached hydrogens (tertiary/aromatic N) is 6. The first-order chi connectivity index (χ1) is 19.5. The third kappa shape index (κ3) is 5.73. The fraction of sp³-hybridized carbons (Fsp3) is 0.400. The van der Waals surface area contributed by atoms with Gasteiger partial charge in [-0.15, -0.1) is 11.3 Å². The molecule has 2 atom stereocenters. The number of piperazine rings is 1. The van der Waals surface area contributed by atoms with Crippen LogP contribution in [0.5, 0.6) is 0 Å². The van der Waals surface area contributed by atoms with Gasteiger partial charge in [-0.1, -0.05) is 11.2 Å². The molecule has 1 fully saturated rings. The average molecular weight is 599 g/mol. The summed E-state index contributed by atoms with van der Waals surface area (Å²) >= 11 is 1.20. The van der Waals surface area contributed by atoms with E-state index >= 15 is 0 Å². The van der Waals surface area contributed by atoms with Gasteiger partial charge in [-0.2, -0.15) is 18.3 Å². The van der Waals surface area contributed by atoms with Gasteiger partial charge in [-0.3, -0.25) is 9.48 Å². The third-order valence-corrected chi connectivity index (χ3v) is 7.66. The maximum atomic E-state index is 14.2. The molecular formula is C25H23F5N6O4S. The molecule has 10 nitrogen and oxygen atoms in total. The zero-order valence-electron chi connectivity index (χ0n) is 21.7. The van der Waals surface area contributed by atoms with Crippen LogP contribution < -0.4 is 4.90 Å². The zero-order valence-corrected chi connectivity index (χ0v) is 22.5. The van der Waals surface area contributed by atoms with E-state index in [4.69, 9.17) is 9.57 Å². The predicted octanol–water partition coefficient (Wildman–Crippen LogP) is 3.70. The number of anilines is 1. The number of ether oxygens (including phenoxy) is 1. The molecule has 218 valence electrons. The molecule has 1 amide bonds. The molecule has 0 N–H and O–H groups in total. The molecule has 0 spiro atoms. The SMILES string of the molecule is COC(=O)C1CN(C(=O)Cn2nc(C(F)(F)F)cc2C)CCN1c1nc(C2=NOC(c3c(F)cccc3F)C2)cs1. The Morgan fingerprint density at radius 3 is 2.59 bits per heavy atom. The topological polar surface area (TPSA) is 102 Å². The van der Waals surface area contributed by atoms with Crippen LogP contribution in [0.4, 0.5) is 27.1 Å². The molecule has 2 unspecified atom stereocenters. The van der Waals surface area contributed by atoms with Gasteiger partial charge in [0.2, 0.25) is 5.91 Å². The molecule has 2 aliphatic heterocycles. The van der Waals surface area contributed by atoms with E-state index in [9.17, 15) is 31.5 Å². The maximum Gasteiger partial charge on any atom is 0.435 e. The maximum absolute atomic E-state index is 14.2. The minimum atomic E-state index is -4.64. The van der Waals surface area contributed by atoms with Gasteiger partial charge in [0, 0.05) is 30.6 Å². The average Bonchev–Trinajstić information content (AvgIpc) is 3.68. The molecule has 0 aliphatic carbocycles. The Labute approximate surface area is 233 Å². The van der Waals surface area contributed by atoms with Gasteiger partial charge in [0.25, 0.3) is 0 Å². The highest BCUT2D eigenvalue weighted by atomic mass is 32.1. The van der Waals surface area contributed by atoms with E-state index in [1.54, 1.807) is 10.3 Å². The van der Waals surface area contributed by atoms with E-state index < -0.39 is 54.1 Å². The van der Waals surface area contributed by atoms with Crippen LogP contribution in [-0.2, 0) is 31.9 Å². The van der Waals surface area contributed by atoms with Gasteiger partial charge < -0.3 is 19.4 Å². The number of aromatic nitrogens is 3. The first-order valence-corrected chi connectivity index (χ1v) is 13.2. The van der Waals surface area contributed by atoms with Crippen LogP contribution >= 0.6 is 11.3 Å². The van der Waals surface area contributed by atoms with E-state index in [1.807, 2.05) is 0 Å². The number of alkyl halides is 3. The van der Waals surface area contributed by atoms with Gasteiger partial charge in [0.15, 0.2) is 16.9 Å². The number of oxime groups is 1. The Morgan fingerprint density at radius 1 is 1.20 bits per heavy atom. The summed E-state index contributed by atoms with van der Waals surface area (Å²) in [6.45, 7) is 1.23. The Morgan fingerprint density at radius 2 is 1.93 bits per heavy atom. The lowest BCUT2D eigenvalue weighted by molar-refractivity contribution is -0.145. The van der Waals surface area contributed by atoms with Crippen molar-refractivity contribution in [2.24, 2.45) is 5.16 Å². The van der Waals surface area contributed by atoms with Crippen LogP contribution in [0, 0.1) is 18.6 Å². The Hall–Kier alpha value is -4.08. The van der Waals surface area contributed by atoms with Crippen LogP contribution in [0.2, 0.25) is 0 Å². The summed E-state index contributed by atoms with van der Waals surface area (Å²) in [4.78, 5) is 38.5. The fourth-order valence-electron chi connectivity index (χ4n) is 4.64. The summed E-state index contributed by atoms with van der Waals surface area (Å²) in [7, 11) is 1.20. The largest absolute Gasteiger partial charge is 0.467 e. The van der Waals surface area contributed by atoms with Crippen molar-refractivity contribution in [1.82, 2.24) is 19.7 Å². The van der Waals surface area contributed by atoms with Crippen LogP contribution in [0.25, 0.3) is 0 Å². The summed E-state index contributed by atoms with van der Waals surface area (Å²) < 4.78 is 73.3. The van der Waals surface area contributed by atoms with Crippen molar-refractivity contribution in [3.63, 3.8) is 0 Å². The standard InChI is InChI=1S/C25H23F5N6O4S/c1-13-8-20(25(28,29)30)32-36(13)11-21(37)34-6-7-35(18(10-34)23(38)39-2)24-31-17(12-41-24)16-9-19(40-33-16)22-14(26)4-3-5-15(22)27/h3-5,8,12,18-19H,6-7,9-11H2,1-2H3. The molecule has 5 rings (SSSR count). The summed E-state index contributed by atoms with van der Waals surface area (Å²) in [6.07, 6.45) is -5.52. The van der Waals surface area contributed by atoms with Crippen LogP contribution in [0.15, 0.2) is 34.8 Å². The lowest BCUT2D eigenvalue weighted by Gasteiger charge is -2.39. The number of rotatable bonds is 6. The molecule has 0 saturated carbocycles. The van der Waals surface area contributed by atoms with Crippen LogP contribution in [-0.4, -0.2) is 70.0 Å². The van der Waals surface area contributed by atoms with Gasteiger partial charge >= 0.3 is 12.1 Å². The summed E-state index contributed by atoms with van der Waals surface area (Å²) in [6, 6.07) is 3.44.